The molecule has 0 aliphatic rings. The lowest BCUT2D eigenvalue weighted by Gasteiger charge is -2.26. The average Bonchev–Trinajstić information content (AvgIpc) is 2.55. The molecule has 0 saturated carbocycles. The lowest BCUT2D eigenvalue weighted by atomic mass is 9.79. The molecular weight excluding hydrogens is 318 g/mol. The quantitative estimate of drug-likeness (QED) is 0.551. The summed E-state index contributed by atoms with van der Waals surface area (Å²) in [4.78, 5) is 0. The molecule has 0 heterocycles. The van der Waals surface area contributed by atoms with Gasteiger partial charge in [-0.05, 0) is 60.1 Å². The molecule has 2 aromatic rings. The van der Waals surface area contributed by atoms with Crippen LogP contribution < -0.4 is 4.74 Å². The summed E-state index contributed by atoms with van der Waals surface area (Å²) in [6, 6.07) is 8.01. The highest BCUT2D eigenvalue weighted by Crippen LogP contribution is 2.37. The predicted molar refractivity (Wildman–Crippen MR) is 100 cm³/mol. The summed E-state index contributed by atoms with van der Waals surface area (Å²) in [5.74, 6) is -0.276. The number of hydrogen-bond donors (Lipinski definition) is 0. The van der Waals surface area contributed by atoms with E-state index in [9.17, 15) is 8.78 Å². The van der Waals surface area contributed by atoms with Crippen molar-refractivity contribution in [1.82, 2.24) is 0 Å². The van der Waals surface area contributed by atoms with Crippen molar-refractivity contribution in [3.63, 3.8) is 0 Å². The first-order valence-electron chi connectivity index (χ1n) is 8.96. The maximum absolute atomic E-state index is 15.0. The van der Waals surface area contributed by atoms with Crippen molar-refractivity contribution < 1.29 is 13.5 Å². The lowest BCUT2D eigenvalue weighted by Crippen LogP contribution is -2.16. The molecule has 0 N–H and O–H groups in total. The molecule has 2 aromatic carbocycles. The zero-order chi connectivity index (χ0) is 18.6. The van der Waals surface area contributed by atoms with Crippen LogP contribution >= 0.6 is 0 Å². The third kappa shape index (κ3) is 4.59. The zero-order valence-corrected chi connectivity index (χ0v) is 15.9. The van der Waals surface area contributed by atoms with Gasteiger partial charge in [-0.25, -0.2) is 8.78 Å². The molecule has 0 unspecified atom stereocenters. The molecule has 0 atom stereocenters. The third-order valence-corrected chi connectivity index (χ3v) is 4.68. The number of methoxy groups -OCH3 is 1. The summed E-state index contributed by atoms with van der Waals surface area (Å²) in [6.45, 7) is 8.51. The van der Waals surface area contributed by atoms with Crippen molar-refractivity contribution in [2.24, 2.45) is 5.41 Å². The fraction of sp³-hybridized carbons (Fsp3) is 0.455. The van der Waals surface area contributed by atoms with Crippen LogP contribution in [0.5, 0.6) is 5.75 Å². The summed E-state index contributed by atoms with van der Waals surface area (Å²) in [5.41, 5.74) is 2.45. The smallest absolute Gasteiger partial charge is 0.131 e. The molecule has 0 spiro atoms. The molecule has 2 rings (SSSR count). The molecule has 0 fully saturated rings. The summed E-state index contributed by atoms with van der Waals surface area (Å²) in [5, 5.41) is 0. The van der Waals surface area contributed by atoms with Gasteiger partial charge in [0.2, 0.25) is 0 Å². The van der Waals surface area contributed by atoms with E-state index in [1.165, 1.54) is 19.2 Å². The topological polar surface area (TPSA) is 9.23 Å². The van der Waals surface area contributed by atoms with E-state index in [4.69, 9.17) is 4.74 Å². The fourth-order valence-electron chi connectivity index (χ4n) is 3.47. The number of halogens is 2. The SMILES string of the molecule is CCCC(C)(C)Cc1cc(CC)cc(F)c1-c1cc(OC)ccc1F. The van der Waals surface area contributed by atoms with E-state index in [2.05, 4.69) is 20.8 Å². The number of hydrogen-bond acceptors (Lipinski definition) is 1. The van der Waals surface area contributed by atoms with Crippen LogP contribution in [0.1, 0.15) is 51.7 Å². The van der Waals surface area contributed by atoms with Crippen molar-refractivity contribution in [1.29, 1.82) is 0 Å². The van der Waals surface area contributed by atoms with E-state index in [0.717, 1.165) is 30.4 Å². The highest BCUT2D eigenvalue weighted by Gasteiger charge is 2.23. The second kappa shape index (κ2) is 7.99. The Morgan fingerprint density at radius 2 is 1.72 bits per heavy atom. The van der Waals surface area contributed by atoms with Crippen LogP contribution in [0.15, 0.2) is 30.3 Å². The molecule has 0 radical (unpaired) electrons. The highest BCUT2D eigenvalue weighted by molar-refractivity contribution is 5.71. The minimum atomic E-state index is -0.432. The van der Waals surface area contributed by atoms with E-state index >= 15 is 0 Å². The van der Waals surface area contributed by atoms with E-state index < -0.39 is 5.82 Å². The van der Waals surface area contributed by atoms with Crippen molar-refractivity contribution >= 4 is 0 Å². The first-order chi connectivity index (χ1) is 11.8. The number of ether oxygens (including phenoxy) is 1. The Morgan fingerprint density at radius 3 is 2.32 bits per heavy atom. The van der Waals surface area contributed by atoms with Crippen LogP contribution in [0.4, 0.5) is 8.78 Å². The molecule has 3 heteroatoms. The second-order valence-corrected chi connectivity index (χ2v) is 7.40. The van der Waals surface area contributed by atoms with Crippen molar-refractivity contribution in [3.05, 3.63) is 53.1 Å². The number of rotatable bonds is 7. The number of benzene rings is 2. The van der Waals surface area contributed by atoms with Crippen LogP contribution in [0.2, 0.25) is 0 Å². The van der Waals surface area contributed by atoms with E-state index in [-0.39, 0.29) is 16.8 Å². The van der Waals surface area contributed by atoms with Crippen molar-refractivity contribution in [2.45, 2.75) is 53.4 Å². The molecule has 0 amide bonds. The Bertz CT molecular complexity index is 735. The van der Waals surface area contributed by atoms with Crippen LogP contribution in [-0.2, 0) is 12.8 Å². The maximum atomic E-state index is 15.0. The highest BCUT2D eigenvalue weighted by atomic mass is 19.1. The molecular formula is C22H28F2O. The molecule has 1 nitrogen and oxygen atoms in total. The third-order valence-electron chi connectivity index (χ3n) is 4.68. The fourth-order valence-corrected chi connectivity index (χ4v) is 3.47. The summed E-state index contributed by atoms with van der Waals surface area (Å²) < 4.78 is 34.7. The zero-order valence-electron chi connectivity index (χ0n) is 15.9. The van der Waals surface area contributed by atoms with Crippen molar-refractivity contribution in [3.8, 4) is 16.9 Å². The summed E-state index contributed by atoms with van der Waals surface area (Å²) in [7, 11) is 1.53. The Balaban J connectivity index is 2.64. The standard InChI is InChI=1S/C22H28F2O/c1-6-10-22(3,4)14-16-11-15(7-2)12-20(24)21(16)18-13-17(25-5)8-9-19(18)23/h8-9,11-13H,6-7,10,14H2,1-5H3. The Hall–Kier alpha value is -1.90. The van der Waals surface area contributed by atoms with Crippen LogP contribution in [0.25, 0.3) is 11.1 Å². The Kier molecular flexibility index (Phi) is 6.21. The van der Waals surface area contributed by atoms with Gasteiger partial charge < -0.3 is 4.74 Å². The molecule has 0 saturated heterocycles. The summed E-state index contributed by atoms with van der Waals surface area (Å²) in [6.07, 6.45) is 3.55. The van der Waals surface area contributed by atoms with Gasteiger partial charge in [-0.3, -0.25) is 0 Å². The van der Waals surface area contributed by atoms with Gasteiger partial charge >= 0.3 is 0 Å². The van der Waals surface area contributed by atoms with Gasteiger partial charge in [-0.2, -0.15) is 0 Å². The largest absolute Gasteiger partial charge is 0.497 e. The van der Waals surface area contributed by atoms with E-state index in [1.54, 1.807) is 12.1 Å². The average molecular weight is 346 g/mol. The first kappa shape index (κ1) is 19.4. The molecule has 0 aromatic heterocycles. The minimum absolute atomic E-state index is 0.0254. The van der Waals surface area contributed by atoms with Gasteiger partial charge in [0.05, 0.1) is 7.11 Å². The first-order valence-corrected chi connectivity index (χ1v) is 8.96. The van der Waals surface area contributed by atoms with Gasteiger partial charge in [0, 0.05) is 11.1 Å². The molecule has 0 bridgehead atoms. The second-order valence-electron chi connectivity index (χ2n) is 7.40. The molecule has 0 aliphatic carbocycles. The van der Waals surface area contributed by atoms with Gasteiger partial charge in [-0.1, -0.05) is 40.2 Å². The minimum Gasteiger partial charge on any atom is -0.497 e. The summed E-state index contributed by atoms with van der Waals surface area (Å²) >= 11 is 0. The molecule has 0 aliphatic heterocycles. The van der Waals surface area contributed by atoms with Gasteiger partial charge in [-0.15, -0.1) is 0 Å². The van der Waals surface area contributed by atoms with E-state index in [0.29, 0.717) is 17.7 Å². The van der Waals surface area contributed by atoms with Crippen LogP contribution in [-0.4, -0.2) is 7.11 Å². The normalized spacial score (nSPS) is 11.6. The molecule has 25 heavy (non-hydrogen) atoms. The monoisotopic (exact) mass is 346 g/mol. The van der Waals surface area contributed by atoms with Gasteiger partial charge in [0.25, 0.3) is 0 Å². The lowest BCUT2D eigenvalue weighted by molar-refractivity contribution is 0.329. The number of aryl methyl sites for hydroxylation is 1. The van der Waals surface area contributed by atoms with Crippen LogP contribution in [0, 0.1) is 17.0 Å². The Morgan fingerprint density at radius 1 is 1.00 bits per heavy atom. The van der Waals surface area contributed by atoms with Crippen molar-refractivity contribution in [2.75, 3.05) is 7.11 Å². The van der Waals surface area contributed by atoms with Crippen LogP contribution in [0.3, 0.4) is 0 Å². The van der Waals surface area contributed by atoms with E-state index in [1.807, 2.05) is 13.0 Å². The van der Waals surface area contributed by atoms with Gasteiger partial charge in [0.15, 0.2) is 0 Å². The predicted octanol–water partition coefficient (Wildman–Crippen LogP) is 6.57. The van der Waals surface area contributed by atoms with Gasteiger partial charge in [0.1, 0.15) is 17.4 Å². The Labute approximate surface area is 150 Å². The maximum Gasteiger partial charge on any atom is 0.131 e. The molecule has 136 valence electrons.